The van der Waals surface area contributed by atoms with E-state index in [-0.39, 0.29) is 46.9 Å². The molecular weight excluding hydrogens is 325 g/mol. The highest BCUT2D eigenvalue weighted by atomic mass is 35.5. The van der Waals surface area contributed by atoms with Gasteiger partial charge in [0.2, 0.25) is 0 Å². The van der Waals surface area contributed by atoms with Gasteiger partial charge in [-0.25, -0.2) is 0 Å². The molecule has 0 spiro atoms. The summed E-state index contributed by atoms with van der Waals surface area (Å²) >= 11 is 0. The molecule has 0 bridgehead atoms. The Bertz CT molecular complexity index is 486. The van der Waals surface area contributed by atoms with Crippen LogP contribution in [0.2, 0.25) is 0 Å². The lowest BCUT2D eigenvalue weighted by Gasteiger charge is -2.42. The highest BCUT2D eigenvalue weighted by Gasteiger charge is 2.33. The van der Waals surface area contributed by atoms with Gasteiger partial charge in [-0.15, -0.1) is 24.8 Å². The van der Waals surface area contributed by atoms with Crippen molar-refractivity contribution in [3.8, 4) is 0 Å². The van der Waals surface area contributed by atoms with E-state index in [2.05, 4.69) is 31.0 Å². The van der Waals surface area contributed by atoms with Crippen molar-refractivity contribution in [3.05, 3.63) is 39.9 Å². The molecule has 7 heteroatoms. The highest BCUT2D eigenvalue weighted by molar-refractivity contribution is 5.85. The van der Waals surface area contributed by atoms with Crippen LogP contribution in [0.1, 0.15) is 32.4 Å². The molecule has 0 aliphatic carbocycles. The first-order valence-corrected chi connectivity index (χ1v) is 7.09. The van der Waals surface area contributed by atoms with E-state index >= 15 is 0 Å². The van der Waals surface area contributed by atoms with Crippen LogP contribution in [-0.4, -0.2) is 36.0 Å². The Morgan fingerprint density at radius 2 is 1.82 bits per heavy atom. The van der Waals surface area contributed by atoms with Crippen LogP contribution in [-0.2, 0) is 0 Å². The minimum absolute atomic E-state index is 0. The summed E-state index contributed by atoms with van der Waals surface area (Å²) in [4.78, 5) is 13.1. The summed E-state index contributed by atoms with van der Waals surface area (Å²) in [5.41, 5.74) is 1.24. The smallest absolute Gasteiger partial charge is 0.269 e. The van der Waals surface area contributed by atoms with Gasteiger partial charge in [0.15, 0.2) is 0 Å². The number of halogens is 2. The molecule has 1 aliphatic heterocycles. The molecule has 5 nitrogen and oxygen atoms in total. The molecule has 1 aromatic rings. The Morgan fingerprint density at radius 1 is 1.23 bits per heavy atom. The van der Waals surface area contributed by atoms with Crippen molar-refractivity contribution in [1.29, 1.82) is 0 Å². The number of nitrogens with one attached hydrogen (secondary N) is 1. The summed E-state index contributed by atoms with van der Waals surface area (Å²) in [6.45, 7) is 10.5. The molecule has 0 unspecified atom stereocenters. The summed E-state index contributed by atoms with van der Waals surface area (Å²) < 4.78 is 0. The van der Waals surface area contributed by atoms with E-state index in [1.54, 1.807) is 18.2 Å². The highest BCUT2D eigenvalue weighted by Crippen LogP contribution is 2.38. The summed E-state index contributed by atoms with van der Waals surface area (Å²) in [6, 6.07) is 7.27. The van der Waals surface area contributed by atoms with Crippen molar-refractivity contribution in [2.45, 2.75) is 26.8 Å². The van der Waals surface area contributed by atoms with Gasteiger partial charge in [0.25, 0.3) is 5.69 Å². The Morgan fingerprint density at radius 3 is 2.32 bits per heavy atom. The Labute approximate surface area is 144 Å². The monoisotopic (exact) mass is 349 g/mol. The van der Waals surface area contributed by atoms with E-state index in [0.717, 1.165) is 31.7 Å². The van der Waals surface area contributed by atoms with Gasteiger partial charge in [0.1, 0.15) is 0 Å². The second kappa shape index (κ2) is 8.67. The zero-order valence-electron chi connectivity index (χ0n) is 13.2. The second-order valence-corrected chi connectivity index (χ2v) is 6.41. The second-order valence-electron chi connectivity index (χ2n) is 6.41. The van der Waals surface area contributed by atoms with Crippen LogP contribution < -0.4 is 5.32 Å². The van der Waals surface area contributed by atoms with E-state index in [4.69, 9.17) is 0 Å². The third kappa shape index (κ3) is 5.09. The maximum atomic E-state index is 11.0. The molecule has 0 amide bonds. The largest absolute Gasteiger partial charge is 0.314 e. The quantitative estimate of drug-likeness (QED) is 0.670. The van der Waals surface area contributed by atoms with Crippen LogP contribution in [0, 0.1) is 15.5 Å². The molecule has 1 saturated heterocycles. The van der Waals surface area contributed by atoms with Crippen LogP contribution in [0.5, 0.6) is 0 Å². The average molecular weight is 350 g/mol. The maximum Gasteiger partial charge on any atom is 0.269 e. The minimum Gasteiger partial charge on any atom is -0.314 e. The number of benzene rings is 1. The summed E-state index contributed by atoms with van der Waals surface area (Å²) in [6.07, 6.45) is 0. The lowest BCUT2D eigenvalue weighted by Crippen LogP contribution is -2.48. The third-order valence-electron chi connectivity index (χ3n) is 3.73. The normalized spacial score (nSPS) is 17.0. The summed E-state index contributed by atoms with van der Waals surface area (Å²) in [5, 5.41) is 14.3. The number of hydrogen-bond donors (Lipinski definition) is 1. The average Bonchev–Trinajstić information content (AvgIpc) is 2.39. The molecule has 0 radical (unpaired) electrons. The third-order valence-corrected chi connectivity index (χ3v) is 3.73. The minimum atomic E-state index is -0.318. The van der Waals surface area contributed by atoms with Crippen molar-refractivity contribution in [2.75, 3.05) is 26.2 Å². The van der Waals surface area contributed by atoms with Gasteiger partial charge in [-0.05, 0) is 11.0 Å². The molecule has 1 aliphatic rings. The number of piperazine rings is 1. The molecular formula is C15H25Cl2N3O2. The molecule has 22 heavy (non-hydrogen) atoms. The molecule has 0 aromatic heterocycles. The van der Waals surface area contributed by atoms with Crippen molar-refractivity contribution >= 4 is 30.5 Å². The van der Waals surface area contributed by atoms with Crippen molar-refractivity contribution in [2.24, 2.45) is 5.41 Å². The van der Waals surface area contributed by atoms with Gasteiger partial charge in [0.05, 0.1) is 4.92 Å². The number of hydrogen-bond acceptors (Lipinski definition) is 4. The molecule has 126 valence electrons. The lowest BCUT2D eigenvalue weighted by molar-refractivity contribution is -0.385. The topological polar surface area (TPSA) is 58.4 Å². The zero-order valence-corrected chi connectivity index (χ0v) is 14.9. The van der Waals surface area contributed by atoms with E-state index in [1.165, 1.54) is 0 Å². The lowest BCUT2D eigenvalue weighted by atomic mass is 9.81. The Kier molecular flexibility index (Phi) is 8.33. The Hall–Kier alpha value is -0.880. The van der Waals surface area contributed by atoms with Crippen molar-refractivity contribution in [1.82, 2.24) is 10.2 Å². The first-order valence-electron chi connectivity index (χ1n) is 7.09. The van der Waals surface area contributed by atoms with Crippen LogP contribution in [0.25, 0.3) is 0 Å². The Balaban J connectivity index is 0.00000220. The van der Waals surface area contributed by atoms with Crippen molar-refractivity contribution in [3.63, 3.8) is 0 Å². The van der Waals surface area contributed by atoms with E-state index in [1.807, 2.05) is 6.07 Å². The van der Waals surface area contributed by atoms with Gasteiger partial charge in [-0.1, -0.05) is 32.9 Å². The van der Waals surface area contributed by atoms with E-state index in [0.29, 0.717) is 0 Å². The molecule has 1 atom stereocenters. The predicted octanol–water partition coefficient (Wildman–Crippen LogP) is 3.43. The van der Waals surface area contributed by atoms with E-state index < -0.39 is 0 Å². The van der Waals surface area contributed by atoms with Crippen LogP contribution in [0.3, 0.4) is 0 Å². The fourth-order valence-electron chi connectivity index (χ4n) is 3.01. The fraction of sp³-hybridized carbons (Fsp3) is 0.600. The number of nitrogens with zero attached hydrogens (tertiary/aromatic N) is 2. The number of rotatable bonds is 3. The first-order chi connectivity index (χ1) is 9.39. The van der Waals surface area contributed by atoms with E-state index in [9.17, 15) is 10.1 Å². The molecule has 1 N–H and O–H groups in total. The summed E-state index contributed by atoms with van der Waals surface area (Å²) in [5.74, 6) is 0. The standard InChI is InChI=1S/C15H23N3O2.2ClH/c1-15(2,3)14(17-9-7-16-8-10-17)12-5-4-6-13(11-12)18(19)20;;/h4-6,11,14,16H,7-10H2,1-3H3;2*1H/t14-;;/m1../s1. The number of nitro groups is 1. The maximum absolute atomic E-state index is 11.0. The van der Waals surface area contributed by atoms with Crippen LogP contribution >= 0.6 is 24.8 Å². The zero-order chi connectivity index (χ0) is 14.8. The molecule has 1 fully saturated rings. The van der Waals surface area contributed by atoms with Crippen LogP contribution in [0.15, 0.2) is 24.3 Å². The molecule has 2 rings (SSSR count). The van der Waals surface area contributed by atoms with Gasteiger partial charge < -0.3 is 5.32 Å². The number of nitro benzene ring substituents is 1. The summed E-state index contributed by atoms with van der Waals surface area (Å²) in [7, 11) is 0. The van der Waals surface area contributed by atoms with Gasteiger partial charge in [0, 0.05) is 44.4 Å². The SMILES string of the molecule is CC(C)(C)[C@@H](c1cccc([N+](=O)[O-])c1)N1CCNCC1.Cl.Cl. The molecule has 1 aromatic carbocycles. The van der Waals surface area contributed by atoms with Gasteiger partial charge >= 0.3 is 0 Å². The van der Waals surface area contributed by atoms with Gasteiger partial charge in [-0.3, -0.25) is 15.0 Å². The predicted molar refractivity (Wildman–Crippen MR) is 94.2 cm³/mol. The fourth-order valence-corrected chi connectivity index (χ4v) is 3.01. The first kappa shape index (κ1) is 21.1. The van der Waals surface area contributed by atoms with Crippen molar-refractivity contribution < 1.29 is 4.92 Å². The van der Waals surface area contributed by atoms with Crippen LogP contribution in [0.4, 0.5) is 5.69 Å². The number of non-ortho nitro benzene ring substituents is 1. The molecule has 0 saturated carbocycles. The molecule has 1 heterocycles. The van der Waals surface area contributed by atoms with Gasteiger partial charge in [-0.2, -0.15) is 0 Å².